The van der Waals surface area contributed by atoms with Crippen LogP contribution in [0.3, 0.4) is 0 Å². The molecule has 0 aliphatic rings. The Labute approximate surface area is 65.5 Å². The minimum Gasteiger partial charge on any atom is -0.385 e. The second-order valence-electron chi connectivity index (χ2n) is 2.40. The molecule has 0 rings (SSSR count). The van der Waals surface area contributed by atoms with E-state index in [0.29, 0.717) is 4.91 Å². The van der Waals surface area contributed by atoms with Gasteiger partial charge in [0.1, 0.15) is 0 Å². The zero-order valence-corrected chi connectivity index (χ0v) is 7.20. The first-order valence-electron chi connectivity index (χ1n) is 2.89. The lowest BCUT2D eigenvalue weighted by molar-refractivity contribution is 0.129. The van der Waals surface area contributed by atoms with Gasteiger partial charge in [-0.2, -0.15) is 5.26 Å². The number of hydrogen-bond acceptors (Lipinski definition) is 3. The van der Waals surface area contributed by atoms with E-state index < -0.39 is 5.60 Å². The number of thioether (sulfide) groups is 1. The molecule has 10 heavy (non-hydrogen) atoms. The highest BCUT2D eigenvalue weighted by Gasteiger charge is 2.17. The van der Waals surface area contributed by atoms with E-state index in [9.17, 15) is 5.11 Å². The second-order valence-corrected chi connectivity index (χ2v) is 3.25. The zero-order valence-electron chi connectivity index (χ0n) is 6.38. The van der Waals surface area contributed by atoms with E-state index >= 15 is 0 Å². The number of aliphatic hydroxyl groups is 1. The Kier molecular flexibility index (Phi) is 3.48. The molecule has 0 unspecified atom stereocenters. The van der Waals surface area contributed by atoms with Crippen LogP contribution in [0.15, 0.2) is 11.0 Å². The molecule has 0 amide bonds. The van der Waals surface area contributed by atoms with Crippen molar-refractivity contribution in [2.45, 2.75) is 19.4 Å². The number of hydrogen-bond donors (Lipinski definition) is 1. The van der Waals surface area contributed by atoms with Gasteiger partial charge < -0.3 is 5.11 Å². The Morgan fingerprint density at radius 2 is 2.20 bits per heavy atom. The van der Waals surface area contributed by atoms with Gasteiger partial charge >= 0.3 is 0 Å². The van der Waals surface area contributed by atoms with Gasteiger partial charge in [0.15, 0.2) is 0 Å². The Morgan fingerprint density at radius 3 is 2.30 bits per heavy atom. The molecule has 0 atom stereocenters. The monoisotopic (exact) mass is 157 g/mol. The molecule has 3 heteroatoms. The molecule has 0 aliphatic heterocycles. The molecule has 0 radical (unpaired) electrons. The summed E-state index contributed by atoms with van der Waals surface area (Å²) in [5.41, 5.74) is -0.880. The van der Waals surface area contributed by atoms with Gasteiger partial charge in [0.05, 0.1) is 11.7 Å². The Bertz CT molecular complexity index is 173. The lowest BCUT2D eigenvalue weighted by Crippen LogP contribution is -2.19. The predicted octanol–water partition coefficient (Wildman–Crippen LogP) is 1.53. The third kappa shape index (κ3) is 2.90. The van der Waals surface area contributed by atoms with Crippen LogP contribution >= 0.6 is 11.8 Å². The van der Waals surface area contributed by atoms with Crippen molar-refractivity contribution < 1.29 is 5.11 Å². The van der Waals surface area contributed by atoms with Gasteiger partial charge in [0, 0.05) is 11.0 Å². The molecule has 0 aromatic carbocycles. The molecule has 0 bridgehead atoms. The van der Waals surface area contributed by atoms with Crippen molar-refractivity contribution in [1.29, 1.82) is 5.26 Å². The van der Waals surface area contributed by atoms with Crippen LogP contribution < -0.4 is 0 Å². The van der Waals surface area contributed by atoms with E-state index in [1.165, 1.54) is 17.8 Å². The number of nitrogens with zero attached hydrogens (tertiary/aromatic N) is 1. The molecule has 0 heterocycles. The second kappa shape index (κ2) is 3.65. The van der Waals surface area contributed by atoms with Gasteiger partial charge in [-0.25, -0.2) is 0 Å². The maximum Gasteiger partial charge on any atom is 0.0921 e. The topological polar surface area (TPSA) is 44.0 Å². The quantitative estimate of drug-likeness (QED) is 0.618. The average Bonchev–Trinajstić information content (AvgIpc) is 1.80. The molecule has 0 fully saturated rings. The van der Waals surface area contributed by atoms with Gasteiger partial charge in [0.2, 0.25) is 0 Å². The molecule has 0 aromatic heterocycles. The summed E-state index contributed by atoms with van der Waals surface area (Å²) in [5, 5.41) is 17.6. The highest BCUT2D eigenvalue weighted by atomic mass is 32.2. The highest BCUT2D eigenvalue weighted by molar-refractivity contribution is 8.02. The number of allylic oxidation sites excluding steroid dienone is 1. The van der Waals surface area contributed by atoms with Crippen LogP contribution in [0.1, 0.15) is 13.8 Å². The van der Waals surface area contributed by atoms with Crippen LogP contribution in [0.5, 0.6) is 0 Å². The summed E-state index contributed by atoms with van der Waals surface area (Å²) in [4.78, 5) is 0.690. The summed E-state index contributed by atoms with van der Waals surface area (Å²) in [6, 6.07) is 1.88. The molecule has 0 saturated carbocycles. The molecule has 0 aromatic rings. The van der Waals surface area contributed by atoms with Crippen LogP contribution in [0, 0.1) is 11.3 Å². The van der Waals surface area contributed by atoms with Gasteiger partial charge in [-0.3, -0.25) is 0 Å². The molecular weight excluding hydrogens is 146 g/mol. The Balaban J connectivity index is 4.41. The normalized spacial score (nSPS) is 12.9. The molecule has 1 N–H and O–H groups in total. The fourth-order valence-corrected chi connectivity index (χ4v) is 1.21. The lowest BCUT2D eigenvalue weighted by Gasteiger charge is -2.18. The van der Waals surface area contributed by atoms with Crippen molar-refractivity contribution in [3.05, 3.63) is 11.0 Å². The molecule has 0 aliphatic carbocycles. The van der Waals surface area contributed by atoms with E-state index in [-0.39, 0.29) is 0 Å². The average molecular weight is 157 g/mol. The van der Waals surface area contributed by atoms with Crippen molar-refractivity contribution in [1.82, 2.24) is 0 Å². The fraction of sp³-hybridized carbons (Fsp3) is 0.571. The first kappa shape index (κ1) is 9.54. The summed E-state index contributed by atoms with van der Waals surface area (Å²) in [7, 11) is 0. The summed E-state index contributed by atoms with van der Waals surface area (Å²) in [5.74, 6) is 0. The molecule has 2 nitrogen and oxygen atoms in total. The number of nitriles is 1. The standard InChI is InChI=1S/C7H11NOS/c1-7(2,9)6(10-3)4-5-8/h4,9H,1-3H3. The first-order valence-corrected chi connectivity index (χ1v) is 4.11. The Morgan fingerprint density at radius 1 is 1.70 bits per heavy atom. The van der Waals surface area contributed by atoms with Crippen molar-refractivity contribution in [2.24, 2.45) is 0 Å². The lowest BCUT2D eigenvalue weighted by atomic mass is 10.1. The largest absolute Gasteiger partial charge is 0.385 e. The van der Waals surface area contributed by atoms with Crippen LogP contribution in [0.25, 0.3) is 0 Å². The summed E-state index contributed by atoms with van der Waals surface area (Å²) < 4.78 is 0. The van der Waals surface area contributed by atoms with E-state index in [4.69, 9.17) is 5.26 Å². The van der Waals surface area contributed by atoms with E-state index in [1.54, 1.807) is 13.8 Å². The number of rotatable bonds is 2. The van der Waals surface area contributed by atoms with Crippen LogP contribution in [0.4, 0.5) is 0 Å². The third-order valence-electron chi connectivity index (χ3n) is 1.02. The molecule has 0 saturated heterocycles. The van der Waals surface area contributed by atoms with Crippen LogP contribution in [-0.4, -0.2) is 17.0 Å². The third-order valence-corrected chi connectivity index (χ3v) is 2.08. The summed E-state index contributed by atoms with van der Waals surface area (Å²) in [6.07, 6.45) is 3.20. The van der Waals surface area contributed by atoms with Gasteiger partial charge in [-0.1, -0.05) is 0 Å². The van der Waals surface area contributed by atoms with E-state index in [0.717, 1.165) is 0 Å². The maximum atomic E-state index is 9.37. The van der Waals surface area contributed by atoms with E-state index in [2.05, 4.69) is 0 Å². The maximum absolute atomic E-state index is 9.37. The zero-order chi connectivity index (χ0) is 8.20. The van der Waals surface area contributed by atoms with Crippen LogP contribution in [0.2, 0.25) is 0 Å². The molecular formula is C7H11NOS. The van der Waals surface area contributed by atoms with Crippen molar-refractivity contribution in [2.75, 3.05) is 6.26 Å². The molecule has 56 valence electrons. The van der Waals surface area contributed by atoms with Crippen molar-refractivity contribution in [3.8, 4) is 6.07 Å². The van der Waals surface area contributed by atoms with Gasteiger partial charge in [0.25, 0.3) is 0 Å². The van der Waals surface area contributed by atoms with Gasteiger partial charge in [-0.15, -0.1) is 11.8 Å². The summed E-state index contributed by atoms with van der Waals surface area (Å²) in [6.45, 7) is 3.32. The minimum absolute atomic E-state index is 0.690. The van der Waals surface area contributed by atoms with Gasteiger partial charge in [-0.05, 0) is 20.1 Å². The predicted molar refractivity (Wildman–Crippen MR) is 43.5 cm³/mol. The first-order chi connectivity index (χ1) is 4.52. The van der Waals surface area contributed by atoms with Crippen molar-refractivity contribution >= 4 is 11.8 Å². The van der Waals surface area contributed by atoms with E-state index in [1.807, 2.05) is 12.3 Å². The highest BCUT2D eigenvalue weighted by Crippen LogP contribution is 2.24. The molecule has 0 spiro atoms. The SMILES string of the molecule is CSC(=CC#N)C(C)(C)O. The summed E-state index contributed by atoms with van der Waals surface area (Å²) >= 11 is 1.39. The van der Waals surface area contributed by atoms with Crippen LogP contribution in [-0.2, 0) is 0 Å². The smallest absolute Gasteiger partial charge is 0.0921 e. The minimum atomic E-state index is -0.880. The Hall–Kier alpha value is -0.460. The van der Waals surface area contributed by atoms with Crippen molar-refractivity contribution in [3.63, 3.8) is 0 Å². The fourth-order valence-electron chi connectivity index (χ4n) is 0.544.